The van der Waals surface area contributed by atoms with Crippen LogP contribution in [0.2, 0.25) is 0 Å². The number of benzene rings is 1. The first-order chi connectivity index (χ1) is 9.17. The first kappa shape index (κ1) is 14.6. The topological polar surface area (TPSA) is 33.7 Å². The Bertz CT molecular complexity index is 434. The Labute approximate surface area is 123 Å². The van der Waals surface area contributed by atoms with E-state index in [0.717, 1.165) is 42.2 Å². The van der Waals surface area contributed by atoms with Crippen molar-refractivity contribution < 1.29 is 9.47 Å². The largest absolute Gasteiger partial charge is 0.493 e. The zero-order chi connectivity index (χ0) is 13.8. The minimum atomic E-state index is 0.358. The van der Waals surface area contributed by atoms with E-state index in [1.165, 1.54) is 5.56 Å². The van der Waals surface area contributed by atoms with Gasteiger partial charge in [0.2, 0.25) is 0 Å². The maximum absolute atomic E-state index is 5.39. The van der Waals surface area contributed by atoms with Gasteiger partial charge in [-0.1, -0.05) is 15.9 Å². The standard InChI is InChI=1S/C14H21BrN2O2/c1-10(17-6-4-16-5-7-17)11-8-13(18-2)14(19-3)9-12(11)15/h8-10,16H,4-7H2,1-3H3/t10-/m1/s1. The van der Waals surface area contributed by atoms with Crippen LogP contribution >= 0.6 is 15.9 Å². The van der Waals surface area contributed by atoms with Gasteiger partial charge in [-0.2, -0.15) is 0 Å². The lowest BCUT2D eigenvalue weighted by molar-refractivity contribution is 0.184. The summed E-state index contributed by atoms with van der Waals surface area (Å²) in [6, 6.07) is 4.40. The normalized spacial score (nSPS) is 18.1. The van der Waals surface area contributed by atoms with Gasteiger partial charge in [0, 0.05) is 36.7 Å². The molecule has 1 N–H and O–H groups in total. The predicted octanol–water partition coefficient (Wildman–Crippen LogP) is 2.43. The second-order valence-corrected chi connectivity index (χ2v) is 5.54. The number of hydrogen-bond acceptors (Lipinski definition) is 4. The Morgan fingerprint density at radius 3 is 2.32 bits per heavy atom. The van der Waals surface area contributed by atoms with E-state index in [2.05, 4.69) is 39.1 Å². The summed E-state index contributed by atoms with van der Waals surface area (Å²) in [5.41, 5.74) is 1.24. The average molecular weight is 329 g/mol. The Morgan fingerprint density at radius 2 is 1.74 bits per heavy atom. The molecule has 2 rings (SSSR count). The maximum atomic E-state index is 5.39. The molecule has 106 valence electrons. The van der Waals surface area contributed by atoms with E-state index in [9.17, 15) is 0 Å². The van der Waals surface area contributed by atoms with Crippen molar-refractivity contribution in [1.82, 2.24) is 10.2 Å². The van der Waals surface area contributed by atoms with Crippen LogP contribution in [0.5, 0.6) is 11.5 Å². The predicted molar refractivity (Wildman–Crippen MR) is 80.1 cm³/mol. The second-order valence-electron chi connectivity index (χ2n) is 4.69. The molecule has 4 nitrogen and oxygen atoms in total. The molecular formula is C14H21BrN2O2. The first-order valence-corrected chi connectivity index (χ1v) is 7.33. The summed E-state index contributed by atoms with van der Waals surface area (Å²) in [6.45, 7) is 6.48. The van der Waals surface area contributed by atoms with E-state index in [0.29, 0.717) is 6.04 Å². The highest BCUT2D eigenvalue weighted by Gasteiger charge is 2.21. The van der Waals surface area contributed by atoms with Crippen molar-refractivity contribution in [2.45, 2.75) is 13.0 Å². The van der Waals surface area contributed by atoms with E-state index in [1.54, 1.807) is 14.2 Å². The summed E-state index contributed by atoms with van der Waals surface area (Å²) in [5.74, 6) is 1.54. The van der Waals surface area contributed by atoms with Gasteiger partial charge in [0.15, 0.2) is 11.5 Å². The molecule has 0 saturated carbocycles. The van der Waals surface area contributed by atoms with Crippen LogP contribution in [0.4, 0.5) is 0 Å². The summed E-state index contributed by atoms with van der Waals surface area (Å²) in [5, 5.41) is 3.38. The molecule has 1 aliphatic rings. The maximum Gasteiger partial charge on any atom is 0.161 e. The molecule has 0 bridgehead atoms. The van der Waals surface area contributed by atoms with Crippen LogP contribution in [0.25, 0.3) is 0 Å². The van der Waals surface area contributed by atoms with E-state index in [-0.39, 0.29) is 0 Å². The minimum absolute atomic E-state index is 0.358. The summed E-state index contributed by atoms with van der Waals surface area (Å²) in [4.78, 5) is 2.47. The van der Waals surface area contributed by atoms with Gasteiger partial charge < -0.3 is 14.8 Å². The van der Waals surface area contributed by atoms with Crippen molar-refractivity contribution >= 4 is 15.9 Å². The number of rotatable bonds is 4. The molecule has 0 spiro atoms. The molecule has 1 saturated heterocycles. The zero-order valence-corrected chi connectivity index (χ0v) is 13.3. The molecule has 1 atom stereocenters. The third-order valence-electron chi connectivity index (χ3n) is 3.65. The van der Waals surface area contributed by atoms with Crippen molar-refractivity contribution in [3.8, 4) is 11.5 Å². The number of piperazine rings is 1. The van der Waals surface area contributed by atoms with Crippen molar-refractivity contribution in [2.75, 3.05) is 40.4 Å². The van der Waals surface area contributed by atoms with E-state index < -0.39 is 0 Å². The molecule has 0 radical (unpaired) electrons. The van der Waals surface area contributed by atoms with Crippen molar-refractivity contribution in [3.05, 3.63) is 22.2 Å². The molecule has 1 aromatic carbocycles. The summed E-state index contributed by atoms with van der Waals surface area (Å²) in [7, 11) is 3.33. The van der Waals surface area contributed by atoms with Gasteiger partial charge in [-0.05, 0) is 24.6 Å². The number of methoxy groups -OCH3 is 2. The number of halogens is 1. The molecule has 1 aliphatic heterocycles. The van der Waals surface area contributed by atoms with E-state index in [1.807, 2.05) is 6.07 Å². The van der Waals surface area contributed by atoms with Gasteiger partial charge >= 0.3 is 0 Å². The number of hydrogen-bond donors (Lipinski definition) is 1. The van der Waals surface area contributed by atoms with Crippen LogP contribution in [-0.2, 0) is 0 Å². The second kappa shape index (κ2) is 6.59. The van der Waals surface area contributed by atoms with Crippen molar-refractivity contribution in [1.29, 1.82) is 0 Å². The fourth-order valence-electron chi connectivity index (χ4n) is 2.46. The number of nitrogens with zero attached hydrogens (tertiary/aromatic N) is 1. The van der Waals surface area contributed by atoms with Crippen molar-refractivity contribution in [3.63, 3.8) is 0 Å². The molecule has 1 aromatic rings. The van der Waals surface area contributed by atoms with Gasteiger partial charge in [0.1, 0.15) is 0 Å². The van der Waals surface area contributed by atoms with Crippen LogP contribution in [0.3, 0.4) is 0 Å². The van der Waals surface area contributed by atoms with E-state index >= 15 is 0 Å². The molecule has 1 heterocycles. The Hall–Kier alpha value is -0.780. The zero-order valence-electron chi connectivity index (χ0n) is 11.7. The van der Waals surface area contributed by atoms with Gasteiger partial charge in [-0.15, -0.1) is 0 Å². The number of ether oxygens (including phenoxy) is 2. The Balaban J connectivity index is 2.27. The average Bonchev–Trinajstić information content (AvgIpc) is 2.47. The molecule has 0 aromatic heterocycles. The first-order valence-electron chi connectivity index (χ1n) is 6.53. The molecule has 0 aliphatic carbocycles. The minimum Gasteiger partial charge on any atom is -0.493 e. The van der Waals surface area contributed by atoms with Crippen LogP contribution in [0.1, 0.15) is 18.5 Å². The highest BCUT2D eigenvalue weighted by Crippen LogP contribution is 2.37. The highest BCUT2D eigenvalue weighted by molar-refractivity contribution is 9.10. The molecule has 0 unspecified atom stereocenters. The molecule has 19 heavy (non-hydrogen) atoms. The summed E-state index contributed by atoms with van der Waals surface area (Å²) >= 11 is 3.64. The molecule has 5 heteroatoms. The molecule has 0 amide bonds. The third kappa shape index (κ3) is 3.22. The van der Waals surface area contributed by atoms with Gasteiger partial charge in [0.25, 0.3) is 0 Å². The van der Waals surface area contributed by atoms with Crippen LogP contribution in [-0.4, -0.2) is 45.3 Å². The lowest BCUT2D eigenvalue weighted by Crippen LogP contribution is -2.44. The summed E-state index contributed by atoms with van der Waals surface area (Å²) < 4.78 is 11.8. The lowest BCUT2D eigenvalue weighted by atomic mass is 10.1. The highest BCUT2D eigenvalue weighted by atomic mass is 79.9. The van der Waals surface area contributed by atoms with Gasteiger partial charge in [-0.25, -0.2) is 0 Å². The summed E-state index contributed by atoms with van der Waals surface area (Å²) in [6.07, 6.45) is 0. The third-order valence-corrected chi connectivity index (χ3v) is 4.34. The van der Waals surface area contributed by atoms with Gasteiger partial charge in [0.05, 0.1) is 14.2 Å². The van der Waals surface area contributed by atoms with Crippen molar-refractivity contribution in [2.24, 2.45) is 0 Å². The SMILES string of the molecule is COc1cc(Br)c([C@@H](C)N2CCNCC2)cc1OC. The quantitative estimate of drug-likeness (QED) is 0.920. The smallest absolute Gasteiger partial charge is 0.161 e. The lowest BCUT2D eigenvalue weighted by Gasteiger charge is -2.33. The molecule has 1 fully saturated rings. The van der Waals surface area contributed by atoms with Gasteiger partial charge in [-0.3, -0.25) is 4.90 Å². The Kier molecular flexibility index (Phi) is 5.07. The monoisotopic (exact) mass is 328 g/mol. The van der Waals surface area contributed by atoms with E-state index in [4.69, 9.17) is 9.47 Å². The van der Waals surface area contributed by atoms with Crippen LogP contribution < -0.4 is 14.8 Å². The van der Waals surface area contributed by atoms with Crippen LogP contribution in [0.15, 0.2) is 16.6 Å². The fraction of sp³-hybridized carbons (Fsp3) is 0.571. The number of nitrogens with one attached hydrogen (secondary N) is 1. The fourth-order valence-corrected chi connectivity index (χ4v) is 3.11. The Morgan fingerprint density at radius 1 is 1.16 bits per heavy atom. The van der Waals surface area contributed by atoms with Crippen LogP contribution in [0, 0.1) is 0 Å². The molecular weight excluding hydrogens is 308 g/mol.